The van der Waals surface area contributed by atoms with Crippen LogP contribution in [-0.2, 0) is 0 Å². The molecule has 0 radical (unpaired) electrons. The van der Waals surface area contributed by atoms with Crippen LogP contribution in [0.25, 0.3) is 258 Å². The van der Waals surface area contributed by atoms with Gasteiger partial charge in [-0.1, -0.05) is 267 Å². The minimum absolute atomic E-state index is 0.806. The number of nitrogens with zero attached hydrogens (tertiary/aromatic N) is 9. The molecule has 0 saturated heterocycles. The van der Waals surface area contributed by atoms with Gasteiger partial charge in [0.2, 0.25) is 0 Å². The van der Waals surface area contributed by atoms with Crippen molar-refractivity contribution in [2.24, 2.45) is 0 Å². The molecule has 0 aliphatic rings. The van der Waals surface area contributed by atoms with E-state index in [2.05, 4.69) is 380 Å². The number of aromatic nitrogens is 9. The van der Waals surface area contributed by atoms with Gasteiger partial charge in [-0.05, 0) is 147 Å². The number of benzene rings is 18. The Morgan fingerprint density at radius 3 is 1.19 bits per heavy atom. The van der Waals surface area contributed by atoms with E-state index in [4.69, 9.17) is 20.2 Å². The fourth-order valence-corrected chi connectivity index (χ4v) is 20.5. The molecular formula is C108H61N9. The van der Waals surface area contributed by atoms with Gasteiger partial charge in [-0.3, -0.25) is 4.57 Å². The Morgan fingerprint density at radius 1 is 0.179 bits per heavy atom. The molecule has 0 bridgehead atoms. The molecule has 117 heavy (non-hydrogen) atoms. The highest BCUT2D eigenvalue weighted by Crippen LogP contribution is 2.52. The summed E-state index contributed by atoms with van der Waals surface area (Å²) in [5.74, 6) is 0.806. The van der Waals surface area contributed by atoms with Crippen LogP contribution in [0, 0.1) is 0 Å². The molecule has 0 unspecified atom stereocenters. The molecule has 0 spiro atoms. The molecule has 0 atom stereocenters. The molecule has 0 aliphatic heterocycles. The van der Waals surface area contributed by atoms with E-state index in [1.54, 1.807) is 0 Å². The third-order valence-electron chi connectivity index (χ3n) is 25.6. The molecule has 18 aromatic carbocycles. The molecule has 9 heterocycles. The van der Waals surface area contributed by atoms with Gasteiger partial charge in [-0.25, -0.2) is 9.97 Å². The summed E-state index contributed by atoms with van der Waals surface area (Å²) in [5, 5.41) is 34.6. The van der Waals surface area contributed by atoms with Gasteiger partial charge in [-0.15, -0.1) is 10.2 Å². The van der Waals surface area contributed by atoms with Crippen molar-refractivity contribution in [1.82, 2.24) is 42.7 Å². The molecule has 0 fully saturated rings. The lowest BCUT2D eigenvalue weighted by molar-refractivity contribution is 0.978. The van der Waals surface area contributed by atoms with Gasteiger partial charge in [0.05, 0.1) is 88.6 Å². The standard InChI is InChI=1S/C108H61N9/c1-2-22-71(23-3-1)113-89-34-16-10-26-75(89)79-54-48-70(59-96(79)113)103-102(109-87-32-14-15-33-88(87)110-103)68-46-52-72(53-47-68)114-90-35-17-11-27-76(90)83-61-86-82-58-69(51-55-93(82)116-95-57-50-65-20-4-6-24-73(65)97(95)99(104(83)114)106(86)116)64-40-38-62(39-41-64)63-42-44-67(45-43-63)101-80-30-8-9-31-81(80)108(112-111-101)117-92-37-19-13-29-78(92)85-60-84-77-28-12-18-36-91(77)115-94-56-49-66-21-5-7-25-74(66)98(94)100(105(84)115)107(85)117/h1-61H. The maximum absolute atomic E-state index is 5.48. The van der Waals surface area contributed by atoms with Crippen LogP contribution in [0.3, 0.4) is 0 Å². The summed E-state index contributed by atoms with van der Waals surface area (Å²) >= 11 is 0. The third-order valence-corrected chi connectivity index (χ3v) is 25.6. The second kappa shape index (κ2) is 23.4. The van der Waals surface area contributed by atoms with Gasteiger partial charge in [0, 0.05) is 114 Å². The number of fused-ring (bicyclic) bond motifs is 29. The predicted molar refractivity (Wildman–Crippen MR) is 487 cm³/mol. The molecule has 0 aliphatic carbocycles. The molecule has 9 heteroatoms. The van der Waals surface area contributed by atoms with Crippen LogP contribution in [0.4, 0.5) is 0 Å². The Morgan fingerprint density at radius 2 is 0.573 bits per heavy atom. The Labute approximate surface area is 666 Å². The van der Waals surface area contributed by atoms with E-state index in [1.807, 2.05) is 12.1 Å². The fourth-order valence-electron chi connectivity index (χ4n) is 20.5. The summed E-state index contributed by atoms with van der Waals surface area (Å²) in [4.78, 5) is 10.9. The van der Waals surface area contributed by atoms with Crippen LogP contribution in [0.1, 0.15) is 0 Å². The van der Waals surface area contributed by atoms with Crippen molar-refractivity contribution < 1.29 is 0 Å². The van der Waals surface area contributed by atoms with E-state index in [0.29, 0.717) is 0 Å². The zero-order valence-corrected chi connectivity index (χ0v) is 62.7. The highest BCUT2D eigenvalue weighted by Gasteiger charge is 2.30. The zero-order chi connectivity index (χ0) is 76.0. The zero-order valence-electron chi connectivity index (χ0n) is 62.7. The van der Waals surface area contributed by atoms with Crippen molar-refractivity contribution >= 4 is 185 Å². The average Bonchev–Trinajstić information content (AvgIpc) is 1.51. The summed E-state index contributed by atoms with van der Waals surface area (Å²) in [5.41, 5.74) is 28.0. The molecule has 27 aromatic rings. The minimum atomic E-state index is 0.806. The second-order valence-electron chi connectivity index (χ2n) is 31.5. The van der Waals surface area contributed by atoms with E-state index in [-0.39, 0.29) is 0 Å². The molecule has 0 saturated carbocycles. The van der Waals surface area contributed by atoms with Crippen LogP contribution in [0.2, 0.25) is 0 Å². The van der Waals surface area contributed by atoms with Crippen molar-refractivity contribution in [3.8, 4) is 73.2 Å². The summed E-state index contributed by atoms with van der Waals surface area (Å²) in [7, 11) is 0. The monoisotopic (exact) mass is 1480 g/mol. The van der Waals surface area contributed by atoms with Crippen LogP contribution < -0.4 is 0 Å². The fraction of sp³-hybridized carbons (Fsp3) is 0. The SMILES string of the molecule is c1ccc(-n2c3ccccc3c3ccc(-c4nc5ccccc5nc4-c4ccc(-n5c6ccccc6c6cc7c8cc(-c9ccc(-c%10ccc(-c%11nnc(-n%12c%13ccccc%13c%13cc%14c%15ccccc%15n%15c%16ccc%17ccccc%17c%16c(c%13%12)c%14%15)c%12ccccc%11%12)cc%10)cc9)ccc8n8c9ccc%10ccccc%10c9c(c65)c78)cc4)cc32)cc1. The Balaban J connectivity index is 0.560. The molecule has 0 N–H and O–H groups in total. The Bertz CT molecular complexity index is 8990. The molecular weight excluding hydrogens is 1420 g/mol. The second-order valence-corrected chi connectivity index (χ2v) is 31.5. The van der Waals surface area contributed by atoms with Gasteiger partial charge in [0.1, 0.15) is 5.69 Å². The van der Waals surface area contributed by atoms with E-state index in [1.165, 1.54) is 136 Å². The number of hydrogen-bond acceptors (Lipinski definition) is 4. The maximum Gasteiger partial charge on any atom is 0.168 e. The van der Waals surface area contributed by atoms with E-state index < -0.39 is 0 Å². The summed E-state index contributed by atoms with van der Waals surface area (Å²) in [6.07, 6.45) is 0. The van der Waals surface area contributed by atoms with Gasteiger partial charge >= 0.3 is 0 Å². The molecule has 9 aromatic heterocycles. The first-order valence-corrected chi connectivity index (χ1v) is 40.1. The Kier molecular flexibility index (Phi) is 12.6. The lowest BCUT2D eigenvalue weighted by Crippen LogP contribution is -2.02. The van der Waals surface area contributed by atoms with Gasteiger partial charge < -0.3 is 17.9 Å². The average molecular weight is 1480 g/mol. The van der Waals surface area contributed by atoms with Crippen molar-refractivity contribution in [3.05, 3.63) is 370 Å². The summed E-state index contributed by atoms with van der Waals surface area (Å²) in [6, 6.07) is 136. The van der Waals surface area contributed by atoms with Crippen LogP contribution in [-0.4, -0.2) is 42.7 Å². The maximum atomic E-state index is 5.48. The van der Waals surface area contributed by atoms with E-state index in [0.717, 1.165) is 123 Å². The smallest absolute Gasteiger partial charge is 0.168 e. The third kappa shape index (κ3) is 8.59. The van der Waals surface area contributed by atoms with Crippen molar-refractivity contribution in [1.29, 1.82) is 0 Å². The lowest BCUT2D eigenvalue weighted by Gasteiger charge is -2.14. The van der Waals surface area contributed by atoms with Crippen LogP contribution in [0.5, 0.6) is 0 Å². The van der Waals surface area contributed by atoms with Crippen LogP contribution >= 0.6 is 0 Å². The van der Waals surface area contributed by atoms with Gasteiger partial charge in [0.15, 0.2) is 5.82 Å². The molecule has 27 rings (SSSR count). The topological polar surface area (TPSA) is 75.2 Å². The van der Waals surface area contributed by atoms with Crippen molar-refractivity contribution in [3.63, 3.8) is 0 Å². The first-order chi connectivity index (χ1) is 58.1. The van der Waals surface area contributed by atoms with E-state index >= 15 is 0 Å². The highest BCUT2D eigenvalue weighted by molar-refractivity contribution is 6.40. The normalized spacial score (nSPS) is 12.4. The lowest BCUT2D eigenvalue weighted by atomic mass is 9.96. The molecule has 9 nitrogen and oxygen atoms in total. The number of para-hydroxylation sites is 7. The van der Waals surface area contributed by atoms with Crippen LogP contribution in [0.15, 0.2) is 370 Å². The van der Waals surface area contributed by atoms with Crippen molar-refractivity contribution in [2.45, 2.75) is 0 Å². The number of rotatable bonds is 8. The molecule has 538 valence electrons. The first kappa shape index (κ1) is 62.8. The Hall–Kier alpha value is -15.8. The summed E-state index contributed by atoms with van der Waals surface area (Å²) in [6.45, 7) is 0. The van der Waals surface area contributed by atoms with Crippen molar-refractivity contribution in [2.75, 3.05) is 0 Å². The first-order valence-electron chi connectivity index (χ1n) is 40.1. The predicted octanol–water partition coefficient (Wildman–Crippen LogP) is 27.8. The molecule has 0 amide bonds. The van der Waals surface area contributed by atoms with E-state index in [9.17, 15) is 0 Å². The highest BCUT2D eigenvalue weighted by atomic mass is 15.2. The quantitative estimate of drug-likeness (QED) is 0.152. The number of hydrogen-bond donors (Lipinski definition) is 0. The minimum Gasteiger partial charge on any atom is -0.309 e. The van der Waals surface area contributed by atoms with Gasteiger partial charge in [-0.2, -0.15) is 0 Å². The van der Waals surface area contributed by atoms with Gasteiger partial charge in [0.25, 0.3) is 0 Å². The largest absolute Gasteiger partial charge is 0.309 e. The summed E-state index contributed by atoms with van der Waals surface area (Å²) < 4.78 is 12.3.